The van der Waals surface area contributed by atoms with Crippen LogP contribution in [0.5, 0.6) is 0 Å². The Balaban J connectivity index is 2.03. The average molecular weight is 266 g/mol. The molecule has 0 aliphatic heterocycles. The van der Waals surface area contributed by atoms with Gasteiger partial charge in [0.05, 0.1) is 0 Å². The van der Waals surface area contributed by atoms with Crippen molar-refractivity contribution >= 4 is 11.6 Å². The Morgan fingerprint density at radius 3 is 2.50 bits per heavy atom. The lowest BCUT2D eigenvalue weighted by atomic mass is 9.84. The molecule has 0 aromatic heterocycles. The van der Waals surface area contributed by atoms with E-state index in [-0.39, 0.29) is 0 Å². The third-order valence-corrected chi connectivity index (χ3v) is 4.18. The van der Waals surface area contributed by atoms with Gasteiger partial charge in [-0.2, -0.15) is 0 Å². The van der Waals surface area contributed by atoms with Crippen LogP contribution in [0.2, 0.25) is 5.02 Å². The van der Waals surface area contributed by atoms with Crippen LogP contribution in [-0.4, -0.2) is 12.6 Å². The molecule has 0 radical (unpaired) electrons. The van der Waals surface area contributed by atoms with E-state index in [0.717, 1.165) is 23.5 Å². The zero-order chi connectivity index (χ0) is 13.0. The second-order valence-electron chi connectivity index (χ2n) is 5.61. The van der Waals surface area contributed by atoms with Crippen LogP contribution in [0, 0.1) is 5.92 Å². The molecule has 0 saturated heterocycles. The standard InChI is InChI=1S/C16H24ClN/c1-3-4-12(2)16(11-18-15-9-10-15)13-5-7-14(17)8-6-13/h5-8,12,15-16,18H,3-4,9-11H2,1-2H3. The quantitative estimate of drug-likeness (QED) is 0.759. The summed E-state index contributed by atoms with van der Waals surface area (Å²) in [4.78, 5) is 0. The SMILES string of the molecule is CCCC(C)C(CNC1CC1)c1ccc(Cl)cc1. The van der Waals surface area contributed by atoms with Gasteiger partial charge in [-0.1, -0.05) is 50.4 Å². The molecule has 0 amide bonds. The predicted molar refractivity (Wildman–Crippen MR) is 79.3 cm³/mol. The molecule has 18 heavy (non-hydrogen) atoms. The van der Waals surface area contributed by atoms with Gasteiger partial charge in [0.1, 0.15) is 0 Å². The van der Waals surface area contributed by atoms with Crippen LogP contribution in [-0.2, 0) is 0 Å². The average Bonchev–Trinajstić information content (AvgIpc) is 3.16. The van der Waals surface area contributed by atoms with Gasteiger partial charge in [-0.05, 0) is 42.4 Å². The molecule has 2 heteroatoms. The molecule has 1 aromatic rings. The summed E-state index contributed by atoms with van der Waals surface area (Å²) in [6, 6.07) is 9.19. The van der Waals surface area contributed by atoms with E-state index in [9.17, 15) is 0 Å². The van der Waals surface area contributed by atoms with Crippen molar-refractivity contribution in [3.05, 3.63) is 34.9 Å². The minimum Gasteiger partial charge on any atom is -0.313 e. The molecule has 1 nitrogen and oxygen atoms in total. The third kappa shape index (κ3) is 4.00. The summed E-state index contributed by atoms with van der Waals surface area (Å²) in [7, 11) is 0. The van der Waals surface area contributed by atoms with Crippen molar-refractivity contribution in [3.8, 4) is 0 Å². The van der Waals surface area contributed by atoms with Crippen LogP contribution in [0.15, 0.2) is 24.3 Å². The van der Waals surface area contributed by atoms with Crippen molar-refractivity contribution < 1.29 is 0 Å². The second-order valence-corrected chi connectivity index (χ2v) is 6.04. The molecular formula is C16H24ClN. The van der Waals surface area contributed by atoms with Crippen LogP contribution < -0.4 is 5.32 Å². The number of rotatable bonds is 7. The van der Waals surface area contributed by atoms with Crippen LogP contribution in [0.25, 0.3) is 0 Å². The van der Waals surface area contributed by atoms with E-state index in [4.69, 9.17) is 11.6 Å². The van der Waals surface area contributed by atoms with Crippen LogP contribution >= 0.6 is 11.6 Å². The van der Waals surface area contributed by atoms with Crippen molar-refractivity contribution in [1.29, 1.82) is 0 Å². The van der Waals surface area contributed by atoms with E-state index in [0.29, 0.717) is 5.92 Å². The Hall–Kier alpha value is -0.530. The van der Waals surface area contributed by atoms with E-state index in [2.05, 4.69) is 31.3 Å². The van der Waals surface area contributed by atoms with Gasteiger partial charge in [0.2, 0.25) is 0 Å². The van der Waals surface area contributed by atoms with Crippen LogP contribution in [0.1, 0.15) is 51.0 Å². The fourth-order valence-electron chi connectivity index (χ4n) is 2.60. The Morgan fingerprint density at radius 1 is 1.28 bits per heavy atom. The lowest BCUT2D eigenvalue weighted by Gasteiger charge is -2.25. The maximum atomic E-state index is 5.98. The molecule has 2 rings (SSSR count). The van der Waals surface area contributed by atoms with E-state index in [1.807, 2.05) is 12.1 Å². The zero-order valence-corrected chi connectivity index (χ0v) is 12.2. The lowest BCUT2D eigenvalue weighted by molar-refractivity contribution is 0.403. The fraction of sp³-hybridized carbons (Fsp3) is 0.625. The first-order valence-corrected chi connectivity index (χ1v) is 7.57. The molecule has 0 heterocycles. The number of hydrogen-bond acceptors (Lipinski definition) is 1. The van der Waals surface area contributed by atoms with Gasteiger partial charge in [-0.25, -0.2) is 0 Å². The van der Waals surface area contributed by atoms with E-state index in [1.165, 1.54) is 31.2 Å². The molecule has 2 atom stereocenters. The summed E-state index contributed by atoms with van der Waals surface area (Å²) < 4.78 is 0. The second kappa shape index (κ2) is 6.58. The Kier molecular flexibility index (Phi) is 5.08. The van der Waals surface area contributed by atoms with Gasteiger partial charge in [0.15, 0.2) is 0 Å². The Labute approximate surface area is 116 Å². The van der Waals surface area contributed by atoms with Crippen LogP contribution in [0.4, 0.5) is 0 Å². The van der Waals surface area contributed by atoms with Gasteiger partial charge in [-0.3, -0.25) is 0 Å². The topological polar surface area (TPSA) is 12.0 Å². The monoisotopic (exact) mass is 265 g/mol. The first-order chi connectivity index (χ1) is 8.70. The van der Waals surface area contributed by atoms with E-state index in [1.54, 1.807) is 0 Å². The van der Waals surface area contributed by atoms with Gasteiger partial charge in [0.25, 0.3) is 0 Å². The Morgan fingerprint density at radius 2 is 1.94 bits per heavy atom. The molecular weight excluding hydrogens is 242 g/mol. The highest BCUT2D eigenvalue weighted by Gasteiger charge is 2.24. The third-order valence-electron chi connectivity index (χ3n) is 3.93. The molecule has 1 aromatic carbocycles. The maximum Gasteiger partial charge on any atom is 0.0406 e. The smallest absolute Gasteiger partial charge is 0.0406 e. The van der Waals surface area contributed by atoms with Crippen LogP contribution in [0.3, 0.4) is 0 Å². The summed E-state index contributed by atoms with van der Waals surface area (Å²) in [5, 5.41) is 4.51. The van der Waals surface area contributed by atoms with Crippen molar-refractivity contribution in [2.24, 2.45) is 5.92 Å². The summed E-state index contributed by atoms with van der Waals surface area (Å²) in [6.07, 6.45) is 5.26. The number of halogens is 1. The van der Waals surface area contributed by atoms with E-state index >= 15 is 0 Å². The van der Waals surface area contributed by atoms with Crippen molar-refractivity contribution in [1.82, 2.24) is 5.32 Å². The van der Waals surface area contributed by atoms with Gasteiger partial charge < -0.3 is 5.32 Å². The number of nitrogens with one attached hydrogen (secondary N) is 1. The molecule has 100 valence electrons. The Bertz CT molecular complexity index is 356. The van der Waals surface area contributed by atoms with Crippen molar-refractivity contribution in [2.45, 2.75) is 51.5 Å². The highest BCUT2D eigenvalue weighted by Crippen LogP contribution is 2.29. The van der Waals surface area contributed by atoms with Gasteiger partial charge >= 0.3 is 0 Å². The number of hydrogen-bond donors (Lipinski definition) is 1. The van der Waals surface area contributed by atoms with E-state index < -0.39 is 0 Å². The molecule has 1 saturated carbocycles. The minimum atomic E-state index is 0.614. The molecule has 1 aliphatic rings. The van der Waals surface area contributed by atoms with Crippen molar-refractivity contribution in [3.63, 3.8) is 0 Å². The summed E-state index contributed by atoms with van der Waals surface area (Å²) in [6.45, 7) is 5.74. The lowest BCUT2D eigenvalue weighted by Crippen LogP contribution is -2.27. The summed E-state index contributed by atoms with van der Waals surface area (Å²) in [5.74, 6) is 1.34. The summed E-state index contributed by atoms with van der Waals surface area (Å²) in [5.41, 5.74) is 1.42. The normalized spacial score (nSPS) is 18.6. The minimum absolute atomic E-state index is 0.614. The molecule has 2 unspecified atom stereocenters. The molecule has 0 bridgehead atoms. The number of benzene rings is 1. The first-order valence-electron chi connectivity index (χ1n) is 7.19. The molecule has 0 spiro atoms. The van der Waals surface area contributed by atoms with Gasteiger partial charge in [0, 0.05) is 17.6 Å². The van der Waals surface area contributed by atoms with Gasteiger partial charge in [-0.15, -0.1) is 0 Å². The predicted octanol–water partition coefficient (Wildman–Crippen LogP) is 4.61. The first kappa shape index (κ1) is 13.9. The molecule has 1 aliphatic carbocycles. The highest BCUT2D eigenvalue weighted by atomic mass is 35.5. The molecule has 1 fully saturated rings. The van der Waals surface area contributed by atoms with Crippen molar-refractivity contribution in [2.75, 3.05) is 6.54 Å². The zero-order valence-electron chi connectivity index (χ0n) is 11.5. The fourth-order valence-corrected chi connectivity index (χ4v) is 2.72. The largest absolute Gasteiger partial charge is 0.313 e. The highest BCUT2D eigenvalue weighted by molar-refractivity contribution is 6.30. The summed E-state index contributed by atoms with van der Waals surface area (Å²) >= 11 is 5.98. The molecule has 1 N–H and O–H groups in total. The maximum absolute atomic E-state index is 5.98.